The summed E-state index contributed by atoms with van der Waals surface area (Å²) in [5.74, 6) is -3.68. The van der Waals surface area contributed by atoms with E-state index in [4.69, 9.17) is 14.2 Å². The number of hydrogen-bond donors (Lipinski definition) is 4. The van der Waals surface area contributed by atoms with Crippen LogP contribution in [0.2, 0.25) is 0 Å². The Morgan fingerprint density at radius 1 is 1.05 bits per heavy atom. The summed E-state index contributed by atoms with van der Waals surface area (Å²) in [4.78, 5) is 39.0. The molecule has 0 bridgehead atoms. The molecular formula is C30H40O10. The first-order valence-electron chi connectivity index (χ1n) is 14.6. The predicted octanol–water partition coefficient (Wildman–Crippen LogP) is 0.873. The first-order valence-corrected chi connectivity index (χ1v) is 14.6. The van der Waals surface area contributed by atoms with Gasteiger partial charge < -0.3 is 34.6 Å². The Kier molecular flexibility index (Phi) is 5.10. The lowest BCUT2D eigenvalue weighted by Gasteiger charge is -2.65. The third kappa shape index (κ3) is 2.68. The van der Waals surface area contributed by atoms with E-state index >= 15 is 0 Å². The molecule has 16 atom stereocenters. The summed E-state index contributed by atoms with van der Waals surface area (Å²) in [6.45, 7) is 10.4. The molecule has 40 heavy (non-hydrogen) atoms. The second kappa shape index (κ2) is 7.56. The van der Waals surface area contributed by atoms with Gasteiger partial charge in [0.1, 0.15) is 29.7 Å². The maximum atomic E-state index is 14.0. The molecule has 6 fully saturated rings. The van der Waals surface area contributed by atoms with Crippen LogP contribution in [0.15, 0.2) is 11.8 Å². The van der Waals surface area contributed by atoms with Crippen LogP contribution in [-0.2, 0) is 28.6 Å². The van der Waals surface area contributed by atoms with Gasteiger partial charge in [-0.15, -0.1) is 0 Å². The van der Waals surface area contributed by atoms with E-state index in [0.717, 1.165) is 0 Å². The van der Waals surface area contributed by atoms with Crippen LogP contribution in [0.5, 0.6) is 0 Å². The molecule has 0 unspecified atom stereocenters. The van der Waals surface area contributed by atoms with E-state index in [0.29, 0.717) is 12.2 Å². The molecule has 0 aromatic rings. The Labute approximate surface area is 233 Å². The third-order valence-corrected chi connectivity index (χ3v) is 13.4. The van der Waals surface area contributed by atoms with Crippen LogP contribution in [-0.4, -0.2) is 79.9 Å². The van der Waals surface area contributed by atoms with E-state index in [1.165, 1.54) is 13.8 Å². The van der Waals surface area contributed by atoms with Crippen LogP contribution >= 0.6 is 0 Å². The van der Waals surface area contributed by atoms with Crippen molar-refractivity contribution in [3.8, 4) is 0 Å². The quantitative estimate of drug-likeness (QED) is 0.267. The van der Waals surface area contributed by atoms with Crippen molar-refractivity contribution < 1.29 is 49.0 Å². The minimum atomic E-state index is -1.99. The summed E-state index contributed by atoms with van der Waals surface area (Å²) in [6.07, 6.45) is -1.69. The Hall–Kier alpha value is -1.85. The summed E-state index contributed by atoms with van der Waals surface area (Å²) < 4.78 is 17.2. The minimum absolute atomic E-state index is 0.000965. The van der Waals surface area contributed by atoms with E-state index in [1.54, 1.807) is 6.92 Å². The number of ether oxygens (including phenoxy) is 3. The molecule has 10 heteroatoms. The van der Waals surface area contributed by atoms with Gasteiger partial charge in [0.15, 0.2) is 11.4 Å². The van der Waals surface area contributed by atoms with Crippen molar-refractivity contribution in [3.63, 3.8) is 0 Å². The molecule has 10 nitrogen and oxygen atoms in total. The van der Waals surface area contributed by atoms with Gasteiger partial charge in [0.05, 0.1) is 17.6 Å². The molecule has 0 radical (unpaired) electrons. The Bertz CT molecular complexity index is 1260. The molecule has 0 amide bonds. The first kappa shape index (κ1) is 27.0. The van der Waals surface area contributed by atoms with Gasteiger partial charge in [-0.1, -0.05) is 20.8 Å². The fraction of sp³-hybridized carbons (Fsp3) is 0.833. The number of allylic oxidation sites excluding steroid dienone is 1. The molecule has 7 aliphatic rings. The lowest BCUT2D eigenvalue weighted by molar-refractivity contribution is -0.261. The monoisotopic (exact) mass is 560 g/mol. The highest BCUT2D eigenvalue weighted by Gasteiger charge is 2.81. The molecule has 220 valence electrons. The molecule has 0 spiro atoms. The first-order chi connectivity index (χ1) is 18.5. The van der Waals surface area contributed by atoms with E-state index in [9.17, 15) is 34.8 Å². The van der Waals surface area contributed by atoms with Crippen LogP contribution in [0.1, 0.15) is 60.8 Å². The molecule has 0 aromatic carbocycles. The van der Waals surface area contributed by atoms with Gasteiger partial charge in [-0.05, 0) is 68.3 Å². The second-order valence-corrected chi connectivity index (χ2v) is 14.7. The van der Waals surface area contributed by atoms with Crippen LogP contribution in [0, 0.1) is 51.8 Å². The summed E-state index contributed by atoms with van der Waals surface area (Å²) in [5, 5.41) is 47.3. The second-order valence-electron chi connectivity index (χ2n) is 14.7. The molecule has 4 saturated carbocycles. The molecular weight excluding hydrogens is 520 g/mol. The number of aliphatic hydroxyl groups excluding tert-OH is 2. The zero-order valence-electron chi connectivity index (χ0n) is 23.8. The zero-order chi connectivity index (χ0) is 29.1. The van der Waals surface area contributed by atoms with Crippen molar-refractivity contribution in [2.75, 3.05) is 0 Å². The molecule has 2 aliphatic heterocycles. The van der Waals surface area contributed by atoms with Gasteiger partial charge in [0, 0.05) is 24.2 Å². The van der Waals surface area contributed by atoms with Crippen LogP contribution in [0.3, 0.4) is 0 Å². The highest BCUT2D eigenvalue weighted by molar-refractivity contribution is 5.94. The van der Waals surface area contributed by atoms with Crippen molar-refractivity contribution >= 4 is 17.7 Å². The number of aliphatic hydroxyl groups is 4. The Morgan fingerprint density at radius 3 is 2.38 bits per heavy atom. The maximum Gasteiger partial charge on any atom is 0.343 e. The van der Waals surface area contributed by atoms with Crippen LogP contribution in [0.25, 0.3) is 0 Å². The van der Waals surface area contributed by atoms with E-state index in [-0.39, 0.29) is 36.5 Å². The van der Waals surface area contributed by atoms with Gasteiger partial charge in [0.25, 0.3) is 0 Å². The average Bonchev–Trinajstić information content (AvgIpc) is 3.50. The summed E-state index contributed by atoms with van der Waals surface area (Å²) in [7, 11) is 0. The van der Waals surface area contributed by atoms with Crippen LogP contribution < -0.4 is 0 Å². The fourth-order valence-electron chi connectivity index (χ4n) is 11.1. The predicted molar refractivity (Wildman–Crippen MR) is 136 cm³/mol. The number of hydrogen-bond acceptors (Lipinski definition) is 10. The smallest absolute Gasteiger partial charge is 0.343 e. The van der Waals surface area contributed by atoms with Gasteiger partial charge in [-0.3, -0.25) is 9.59 Å². The number of carbonyl (C=O) groups excluding carboxylic acids is 3. The topological polar surface area (TPSA) is 163 Å². The SMILES string of the molecule is CC(=O)O[C@H]1[C@H]2O[C@H]2C[C@]2(O)C(=O)[C@@H](O)[C@H]3[C@@H]4C[C@@H]5[C@H]([C@H](C)C=C6OC(=O)[C@@](C)(O)[C@@]65C)[C@@]4(C)[C@@H](O)C[C@@H]3[C@@]12C. The van der Waals surface area contributed by atoms with Crippen LogP contribution in [0.4, 0.5) is 0 Å². The highest BCUT2D eigenvalue weighted by atomic mass is 16.6. The molecule has 2 saturated heterocycles. The molecule has 7 rings (SSSR count). The summed E-state index contributed by atoms with van der Waals surface area (Å²) in [6, 6.07) is 0. The van der Waals surface area contributed by atoms with Gasteiger partial charge in [-0.25, -0.2) is 4.79 Å². The highest BCUT2D eigenvalue weighted by Crippen LogP contribution is 2.75. The molecule has 4 N–H and O–H groups in total. The Morgan fingerprint density at radius 2 is 1.73 bits per heavy atom. The molecule has 2 heterocycles. The van der Waals surface area contributed by atoms with Crippen molar-refractivity contribution in [1.82, 2.24) is 0 Å². The number of carbonyl (C=O) groups is 3. The van der Waals surface area contributed by atoms with Gasteiger partial charge in [-0.2, -0.15) is 0 Å². The van der Waals surface area contributed by atoms with E-state index in [1.807, 2.05) is 26.8 Å². The number of epoxide rings is 1. The average molecular weight is 561 g/mol. The Balaban J connectivity index is 1.37. The third-order valence-electron chi connectivity index (χ3n) is 13.4. The van der Waals surface area contributed by atoms with Crippen molar-refractivity contribution in [2.24, 2.45) is 51.8 Å². The van der Waals surface area contributed by atoms with Crippen molar-refractivity contribution in [2.45, 2.75) is 103 Å². The van der Waals surface area contributed by atoms with Crippen molar-refractivity contribution in [3.05, 3.63) is 11.8 Å². The standard InChI is InChI=1S/C30H40O10/c1-11-7-18-27(4,29(6,36)25(35)40-18)15-8-13-19-14(9-17(32)26(13,3)20(11)15)28(5)24(38-12(2)31)22-16(39-22)10-30(28,37)23(34)21(19)33/h7,11,13-17,19-22,24,32-33,36-37H,8-10H2,1-6H3/t11-,13+,14+,15-,16+,17+,19+,20+,21+,22+,24+,26-,27-,28+,29-,30+/m1/s1. The zero-order valence-corrected chi connectivity index (χ0v) is 23.8. The minimum Gasteiger partial charge on any atom is -0.459 e. The number of rotatable bonds is 1. The van der Waals surface area contributed by atoms with E-state index < -0.39 is 87.5 Å². The lowest BCUT2D eigenvalue weighted by Crippen LogP contribution is -2.76. The number of fused-ring (bicyclic) bond motifs is 10. The lowest BCUT2D eigenvalue weighted by atomic mass is 9.41. The van der Waals surface area contributed by atoms with Gasteiger partial charge in [0.2, 0.25) is 0 Å². The normalized spacial score (nSPS) is 61.1. The molecule has 5 aliphatic carbocycles. The summed E-state index contributed by atoms with van der Waals surface area (Å²) in [5.41, 5.74) is -6.90. The van der Waals surface area contributed by atoms with Gasteiger partial charge >= 0.3 is 11.9 Å². The number of esters is 2. The maximum absolute atomic E-state index is 14.0. The van der Waals surface area contributed by atoms with Crippen molar-refractivity contribution in [1.29, 1.82) is 0 Å². The largest absolute Gasteiger partial charge is 0.459 e. The number of Topliss-reactive ketones (excluding diaryl/α,β-unsaturated/α-hetero) is 1. The molecule has 0 aromatic heterocycles. The summed E-state index contributed by atoms with van der Waals surface area (Å²) >= 11 is 0. The van der Waals surface area contributed by atoms with E-state index in [2.05, 4.69) is 0 Å². The fourth-order valence-corrected chi connectivity index (χ4v) is 11.1. The number of ketones is 1.